The van der Waals surface area contributed by atoms with Crippen molar-refractivity contribution in [3.8, 4) is 5.75 Å². The van der Waals surface area contributed by atoms with Gasteiger partial charge in [-0.05, 0) is 43.9 Å². The van der Waals surface area contributed by atoms with Crippen molar-refractivity contribution in [2.75, 3.05) is 13.7 Å². The first-order valence-corrected chi connectivity index (χ1v) is 7.75. The van der Waals surface area contributed by atoms with Crippen molar-refractivity contribution < 1.29 is 13.9 Å². The van der Waals surface area contributed by atoms with E-state index in [1.807, 2.05) is 6.92 Å². The van der Waals surface area contributed by atoms with Gasteiger partial charge in [-0.25, -0.2) is 4.39 Å². The Kier molecular flexibility index (Phi) is 5.22. The van der Waals surface area contributed by atoms with Crippen molar-refractivity contribution in [3.63, 3.8) is 0 Å². The highest BCUT2D eigenvalue weighted by Crippen LogP contribution is 2.44. The summed E-state index contributed by atoms with van der Waals surface area (Å²) in [6.07, 6.45) is 4.10. The third-order valence-corrected chi connectivity index (χ3v) is 4.52. The maximum Gasteiger partial charge on any atom is 0.123 e. The first-order chi connectivity index (χ1) is 10.0. The van der Waals surface area contributed by atoms with E-state index in [4.69, 9.17) is 15.2 Å². The molecule has 0 aromatic heterocycles. The zero-order valence-corrected chi connectivity index (χ0v) is 13.2. The van der Waals surface area contributed by atoms with Crippen LogP contribution in [0.3, 0.4) is 0 Å². The van der Waals surface area contributed by atoms with Gasteiger partial charge in [0, 0.05) is 12.2 Å². The molecule has 0 saturated heterocycles. The quantitative estimate of drug-likeness (QED) is 0.898. The highest BCUT2D eigenvalue weighted by molar-refractivity contribution is 5.38. The van der Waals surface area contributed by atoms with Crippen LogP contribution in [0.25, 0.3) is 0 Å². The maximum atomic E-state index is 13.6. The van der Waals surface area contributed by atoms with Crippen LogP contribution in [-0.4, -0.2) is 19.3 Å². The van der Waals surface area contributed by atoms with E-state index in [0.717, 1.165) is 19.3 Å². The standard InChI is InChI=1S/C17H26FNO2/c1-4-21-17(9-5-6-12(2)11-17)16(19)14-10-13(18)7-8-15(14)20-3/h7-8,10,12,16H,4-6,9,11,19H2,1-3H3. The first kappa shape index (κ1) is 16.2. The Morgan fingerprint density at radius 1 is 1.48 bits per heavy atom. The van der Waals surface area contributed by atoms with Crippen LogP contribution in [0, 0.1) is 11.7 Å². The molecule has 1 aromatic carbocycles. The highest BCUT2D eigenvalue weighted by atomic mass is 19.1. The summed E-state index contributed by atoms with van der Waals surface area (Å²) < 4.78 is 25.1. The number of ether oxygens (including phenoxy) is 2. The van der Waals surface area contributed by atoms with E-state index in [0.29, 0.717) is 23.8 Å². The third kappa shape index (κ3) is 3.38. The summed E-state index contributed by atoms with van der Waals surface area (Å²) in [5.74, 6) is 0.897. The summed E-state index contributed by atoms with van der Waals surface area (Å²) >= 11 is 0. The van der Waals surface area contributed by atoms with Crippen LogP contribution < -0.4 is 10.5 Å². The second-order valence-corrected chi connectivity index (χ2v) is 6.06. The molecule has 3 nitrogen and oxygen atoms in total. The van der Waals surface area contributed by atoms with Crippen LogP contribution in [0.4, 0.5) is 4.39 Å². The molecule has 0 heterocycles. The number of hydrogen-bond acceptors (Lipinski definition) is 3. The molecule has 0 bridgehead atoms. The van der Waals surface area contributed by atoms with Crippen molar-refractivity contribution >= 4 is 0 Å². The Morgan fingerprint density at radius 2 is 2.24 bits per heavy atom. The topological polar surface area (TPSA) is 44.5 Å². The average molecular weight is 295 g/mol. The maximum absolute atomic E-state index is 13.6. The number of hydrogen-bond donors (Lipinski definition) is 1. The average Bonchev–Trinajstić information content (AvgIpc) is 2.46. The Morgan fingerprint density at radius 3 is 2.86 bits per heavy atom. The van der Waals surface area contributed by atoms with Crippen molar-refractivity contribution in [1.29, 1.82) is 0 Å². The Labute approximate surface area is 126 Å². The summed E-state index contributed by atoms with van der Waals surface area (Å²) in [7, 11) is 1.58. The van der Waals surface area contributed by atoms with Gasteiger partial charge in [-0.3, -0.25) is 0 Å². The molecule has 0 amide bonds. The lowest BCUT2D eigenvalue weighted by atomic mass is 9.73. The Bertz CT molecular complexity index is 476. The van der Waals surface area contributed by atoms with Crippen LogP contribution in [0.5, 0.6) is 5.75 Å². The summed E-state index contributed by atoms with van der Waals surface area (Å²) in [4.78, 5) is 0. The molecule has 0 spiro atoms. The van der Waals surface area contributed by atoms with Crippen molar-refractivity contribution in [2.45, 2.75) is 51.2 Å². The lowest BCUT2D eigenvalue weighted by Crippen LogP contribution is -2.47. The number of halogens is 1. The fraction of sp³-hybridized carbons (Fsp3) is 0.647. The molecule has 0 radical (unpaired) electrons. The molecule has 4 heteroatoms. The Hall–Kier alpha value is -1.13. The first-order valence-electron chi connectivity index (χ1n) is 7.75. The highest BCUT2D eigenvalue weighted by Gasteiger charge is 2.42. The molecular weight excluding hydrogens is 269 g/mol. The van der Waals surface area contributed by atoms with Gasteiger partial charge in [0.15, 0.2) is 0 Å². The monoisotopic (exact) mass is 295 g/mol. The normalized spacial score (nSPS) is 27.4. The summed E-state index contributed by atoms with van der Waals surface area (Å²) in [6, 6.07) is 4.12. The van der Waals surface area contributed by atoms with Crippen LogP contribution in [0.2, 0.25) is 0 Å². The largest absolute Gasteiger partial charge is 0.496 e. The second-order valence-electron chi connectivity index (χ2n) is 6.06. The van der Waals surface area contributed by atoms with Crippen LogP contribution in [-0.2, 0) is 4.74 Å². The molecule has 2 rings (SSSR count). The van der Waals surface area contributed by atoms with Crippen LogP contribution >= 0.6 is 0 Å². The van der Waals surface area contributed by atoms with Gasteiger partial charge in [-0.2, -0.15) is 0 Å². The van der Waals surface area contributed by atoms with Gasteiger partial charge in [0.25, 0.3) is 0 Å². The summed E-state index contributed by atoms with van der Waals surface area (Å²) in [5, 5.41) is 0. The summed E-state index contributed by atoms with van der Waals surface area (Å²) in [6.45, 7) is 4.82. The smallest absolute Gasteiger partial charge is 0.123 e. The number of nitrogens with two attached hydrogens (primary N) is 1. The number of benzene rings is 1. The van der Waals surface area contributed by atoms with Crippen molar-refractivity contribution in [1.82, 2.24) is 0 Å². The second kappa shape index (κ2) is 6.75. The zero-order chi connectivity index (χ0) is 15.5. The van der Waals surface area contributed by atoms with E-state index in [2.05, 4.69) is 6.92 Å². The molecule has 1 aromatic rings. The van der Waals surface area contributed by atoms with E-state index in [-0.39, 0.29) is 11.9 Å². The van der Waals surface area contributed by atoms with Gasteiger partial charge >= 0.3 is 0 Å². The van der Waals surface area contributed by atoms with E-state index < -0.39 is 5.60 Å². The molecule has 1 aliphatic rings. The van der Waals surface area contributed by atoms with E-state index in [1.54, 1.807) is 13.2 Å². The van der Waals surface area contributed by atoms with Crippen molar-refractivity contribution in [2.24, 2.45) is 11.7 Å². The van der Waals surface area contributed by atoms with Gasteiger partial charge < -0.3 is 15.2 Å². The molecular formula is C17H26FNO2. The van der Waals surface area contributed by atoms with Gasteiger partial charge in [0.1, 0.15) is 11.6 Å². The number of rotatable bonds is 5. The van der Waals surface area contributed by atoms with Gasteiger partial charge in [0.05, 0.1) is 18.8 Å². The predicted octanol–water partition coefficient (Wildman–Crippen LogP) is 3.82. The minimum atomic E-state index is -0.423. The molecule has 0 aliphatic heterocycles. The molecule has 1 fully saturated rings. The molecule has 3 unspecified atom stereocenters. The summed E-state index contributed by atoms with van der Waals surface area (Å²) in [5.41, 5.74) is 6.80. The minimum Gasteiger partial charge on any atom is -0.496 e. The van der Waals surface area contributed by atoms with E-state index in [9.17, 15) is 4.39 Å². The van der Waals surface area contributed by atoms with Gasteiger partial charge in [0.2, 0.25) is 0 Å². The molecule has 1 aliphatic carbocycles. The SMILES string of the molecule is CCOC1(C(N)c2cc(F)ccc2OC)CCCC(C)C1. The lowest BCUT2D eigenvalue weighted by Gasteiger charge is -2.44. The fourth-order valence-electron chi connectivity index (χ4n) is 3.57. The fourth-order valence-corrected chi connectivity index (χ4v) is 3.57. The molecule has 3 atom stereocenters. The molecule has 2 N–H and O–H groups in total. The van der Waals surface area contributed by atoms with E-state index in [1.165, 1.54) is 18.6 Å². The molecule has 21 heavy (non-hydrogen) atoms. The lowest BCUT2D eigenvalue weighted by molar-refractivity contribution is -0.0941. The van der Waals surface area contributed by atoms with E-state index >= 15 is 0 Å². The van der Waals surface area contributed by atoms with Gasteiger partial charge in [-0.15, -0.1) is 0 Å². The predicted molar refractivity (Wildman–Crippen MR) is 81.9 cm³/mol. The van der Waals surface area contributed by atoms with Crippen molar-refractivity contribution in [3.05, 3.63) is 29.6 Å². The zero-order valence-electron chi connectivity index (χ0n) is 13.2. The van der Waals surface area contributed by atoms with Crippen LogP contribution in [0.15, 0.2) is 18.2 Å². The third-order valence-electron chi connectivity index (χ3n) is 4.52. The van der Waals surface area contributed by atoms with Crippen LogP contribution in [0.1, 0.15) is 51.1 Å². The molecule has 118 valence electrons. The molecule has 1 saturated carbocycles. The minimum absolute atomic E-state index is 0.295. The Balaban J connectivity index is 2.38. The van der Waals surface area contributed by atoms with Gasteiger partial charge in [-0.1, -0.05) is 19.8 Å². The number of methoxy groups -OCH3 is 1.